The molecule has 1 unspecified atom stereocenters. The average molecular weight is 280 g/mol. The van der Waals surface area contributed by atoms with E-state index >= 15 is 0 Å². The van der Waals surface area contributed by atoms with E-state index in [0.29, 0.717) is 22.7 Å². The van der Waals surface area contributed by atoms with E-state index in [2.05, 4.69) is 0 Å². The standard InChI is InChI=1S/C14H14ClNO3/c1-3-10(18)7-13-14(19)11-5-4-9(15)6-12(11)16(13)8(2)17/h4-6,13H,3,7H2,1-2H3. The van der Waals surface area contributed by atoms with Crippen molar-refractivity contribution in [3.05, 3.63) is 28.8 Å². The Morgan fingerprint density at radius 2 is 2.05 bits per heavy atom. The first kappa shape index (κ1) is 13.7. The zero-order chi connectivity index (χ0) is 14.2. The normalized spacial score (nSPS) is 17.5. The van der Waals surface area contributed by atoms with Crippen molar-refractivity contribution in [1.29, 1.82) is 0 Å². The molecule has 100 valence electrons. The van der Waals surface area contributed by atoms with Crippen LogP contribution in [0.25, 0.3) is 0 Å². The van der Waals surface area contributed by atoms with Gasteiger partial charge in [-0.2, -0.15) is 0 Å². The molecule has 0 saturated heterocycles. The first-order valence-corrected chi connectivity index (χ1v) is 6.48. The average Bonchev–Trinajstić information content (AvgIpc) is 2.62. The van der Waals surface area contributed by atoms with Gasteiger partial charge in [0, 0.05) is 30.4 Å². The van der Waals surface area contributed by atoms with Crippen LogP contribution in [0.3, 0.4) is 0 Å². The summed E-state index contributed by atoms with van der Waals surface area (Å²) >= 11 is 5.91. The predicted molar refractivity (Wildman–Crippen MR) is 72.6 cm³/mol. The third-order valence-electron chi connectivity index (χ3n) is 3.25. The van der Waals surface area contributed by atoms with Crippen molar-refractivity contribution < 1.29 is 14.4 Å². The quantitative estimate of drug-likeness (QED) is 0.855. The molecule has 0 radical (unpaired) electrons. The van der Waals surface area contributed by atoms with E-state index in [1.165, 1.54) is 11.8 Å². The Labute approximate surface area is 116 Å². The van der Waals surface area contributed by atoms with Gasteiger partial charge in [-0.1, -0.05) is 18.5 Å². The van der Waals surface area contributed by atoms with E-state index in [1.807, 2.05) is 0 Å². The third kappa shape index (κ3) is 2.40. The van der Waals surface area contributed by atoms with Gasteiger partial charge in [-0.15, -0.1) is 0 Å². The van der Waals surface area contributed by atoms with E-state index in [4.69, 9.17) is 11.6 Å². The minimum atomic E-state index is -0.724. The number of fused-ring (bicyclic) bond motifs is 1. The molecule has 0 bridgehead atoms. The zero-order valence-electron chi connectivity index (χ0n) is 10.8. The zero-order valence-corrected chi connectivity index (χ0v) is 11.5. The number of nitrogens with zero attached hydrogens (tertiary/aromatic N) is 1. The number of anilines is 1. The Bertz CT molecular complexity index is 568. The molecule has 1 aliphatic heterocycles. The molecule has 1 aliphatic rings. The summed E-state index contributed by atoms with van der Waals surface area (Å²) in [5, 5.41) is 0.459. The summed E-state index contributed by atoms with van der Waals surface area (Å²) in [4.78, 5) is 37.0. The first-order chi connectivity index (χ1) is 8.95. The van der Waals surface area contributed by atoms with Gasteiger partial charge in [0.05, 0.1) is 5.69 Å². The van der Waals surface area contributed by atoms with Crippen molar-refractivity contribution in [2.75, 3.05) is 4.90 Å². The molecule has 0 aromatic heterocycles. The van der Waals surface area contributed by atoms with Gasteiger partial charge < -0.3 is 4.90 Å². The molecule has 0 spiro atoms. The van der Waals surface area contributed by atoms with Gasteiger partial charge in [0.2, 0.25) is 5.91 Å². The van der Waals surface area contributed by atoms with Crippen LogP contribution < -0.4 is 4.90 Å². The molecule has 19 heavy (non-hydrogen) atoms. The Hall–Kier alpha value is -1.68. The summed E-state index contributed by atoms with van der Waals surface area (Å²) in [6.07, 6.45) is 0.411. The lowest BCUT2D eigenvalue weighted by molar-refractivity contribution is -0.119. The van der Waals surface area contributed by atoms with Crippen LogP contribution in [-0.2, 0) is 9.59 Å². The minimum absolute atomic E-state index is 0.0384. The second kappa shape index (κ2) is 5.13. The number of amides is 1. The summed E-state index contributed by atoms with van der Waals surface area (Å²) < 4.78 is 0. The highest BCUT2D eigenvalue weighted by molar-refractivity contribution is 6.31. The first-order valence-electron chi connectivity index (χ1n) is 6.11. The summed E-state index contributed by atoms with van der Waals surface area (Å²) in [6, 6.07) is 4.08. The number of halogens is 1. The van der Waals surface area contributed by atoms with Gasteiger partial charge in [0.25, 0.3) is 0 Å². The smallest absolute Gasteiger partial charge is 0.224 e. The highest BCUT2D eigenvalue weighted by atomic mass is 35.5. The molecular weight excluding hydrogens is 266 g/mol. The highest BCUT2D eigenvalue weighted by Crippen LogP contribution is 2.35. The summed E-state index contributed by atoms with van der Waals surface area (Å²) in [5.74, 6) is -0.490. The highest BCUT2D eigenvalue weighted by Gasteiger charge is 2.40. The van der Waals surface area contributed by atoms with Crippen LogP contribution in [0.1, 0.15) is 37.0 Å². The van der Waals surface area contributed by atoms with Crippen LogP contribution in [0.2, 0.25) is 5.02 Å². The topological polar surface area (TPSA) is 54.5 Å². The largest absolute Gasteiger partial charge is 0.301 e. The van der Waals surface area contributed by atoms with Gasteiger partial charge in [-0.05, 0) is 18.2 Å². The molecule has 1 aromatic rings. The SMILES string of the molecule is CCC(=O)CC1C(=O)c2ccc(Cl)cc2N1C(C)=O. The molecule has 4 nitrogen and oxygen atoms in total. The minimum Gasteiger partial charge on any atom is -0.301 e. The Balaban J connectivity index is 2.45. The van der Waals surface area contributed by atoms with Gasteiger partial charge in [0.15, 0.2) is 5.78 Å². The van der Waals surface area contributed by atoms with Gasteiger partial charge in [0.1, 0.15) is 11.8 Å². The molecule has 1 aromatic carbocycles. The number of carbonyl (C=O) groups is 3. The Morgan fingerprint density at radius 3 is 2.63 bits per heavy atom. The lowest BCUT2D eigenvalue weighted by Gasteiger charge is -2.22. The van der Waals surface area contributed by atoms with Crippen LogP contribution >= 0.6 is 11.6 Å². The molecule has 0 N–H and O–H groups in total. The number of Topliss-reactive ketones (excluding diaryl/α,β-unsaturated/α-hetero) is 2. The Morgan fingerprint density at radius 1 is 1.37 bits per heavy atom. The molecule has 0 aliphatic carbocycles. The maximum Gasteiger partial charge on any atom is 0.224 e. The van der Waals surface area contributed by atoms with E-state index in [-0.39, 0.29) is 23.9 Å². The van der Waals surface area contributed by atoms with Crippen molar-refractivity contribution in [1.82, 2.24) is 0 Å². The van der Waals surface area contributed by atoms with Crippen molar-refractivity contribution in [2.45, 2.75) is 32.7 Å². The molecule has 2 rings (SSSR count). The number of ketones is 2. The third-order valence-corrected chi connectivity index (χ3v) is 3.49. The fraction of sp³-hybridized carbons (Fsp3) is 0.357. The number of hydrogen-bond acceptors (Lipinski definition) is 3. The number of benzene rings is 1. The maximum atomic E-state index is 12.3. The van der Waals surface area contributed by atoms with Crippen LogP contribution in [0.15, 0.2) is 18.2 Å². The molecule has 1 heterocycles. The van der Waals surface area contributed by atoms with Crippen LogP contribution in [-0.4, -0.2) is 23.5 Å². The summed E-state index contributed by atoms with van der Waals surface area (Å²) in [5.41, 5.74) is 0.951. The molecule has 1 amide bonds. The van der Waals surface area contributed by atoms with Gasteiger partial charge in [-0.25, -0.2) is 0 Å². The molecule has 5 heteroatoms. The van der Waals surface area contributed by atoms with Crippen molar-refractivity contribution in [2.24, 2.45) is 0 Å². The lowest BCUT2D eigenvalue weighted by atomic mass is 10.0. The number of carbonyl (C=O) groups excluding carboxylic acids is 3. The monoisotopic (exact) mass is 279 g/mol. The summed E-state index contributed by atoms with van der Waals surface area (Å²) in [7, 11) is 0. The van der Waals surface area contributed by atoms with Crippen LogP contribution in [0.5, 0.6) is 0 Å². The van der Waals surface area contributed by atoms with Crippen LogP contribution in [0.4, 0.5) is 5.69 Å². The Kier molecular flexibility index (Phi) is 3.71. The second-order valence-corrected chi connectivity index (χ2v) is 4.96. The number of rotatable bonds is 3. The van der Waals surface area contributed by atoms with Crippen molar-refractivity contribution in [3.8, 4) is 0 Å². The van der Waals surface area contributed by atoms with Crippen molar-refractivity contribution in [3.63, 3.8) is 0 Å². The van der Waals surface area contributed by atoms with E-state index < -0.39 is 6.04 Å². The number of hydrogen-bond donors (Lipinski definition) is 0. The molecular formula is C14H14ClNO3. The lowest BCUT2D eigenvalue weighted by Crippen LogP contribution is -2.40. The molecule has 1 atom stereocenters. The second-order valence-electron chi connectivity index (χ2n) is 4.53. The van der Waals surface area contributed by atoms with Gasteiger partial charge in [-0.3, -0.25) is 14.4 Å². The maximum absolute atomic E-state index is 12.3. The predicted octanol–water partition coefficient (Wildman–Crippen LogP) is 2.63. The van der Waals surface area contributed by atoms with E-state index in [1.54, 1.807) is 25.1 Å². The van der Waals surface area contributed by atoms with E-state index in [0.717, 1.165) is 0 Å². The van der Waals surface area contributed by atoms with Gasteiger partial charge >= 0.3 is 0 Å². The molecule has 0 saturated carbocycles. The fourth-order valence-corrected chi connectivity index (χ4v) is 2.48. The fourth-order valence-electron chi connectivity index (χ4n) is 2.31. The molecule has 0 fully saturated rings. The van der Waals surface area contributed by atoms with E-state index in [9.17, 15) is 14.4 Å². The van der Waals surface area contributed by atoms with Crippen molar-refractivity contribution >= 4 is 34.8 Å². The van der Waals surface area contributed by atoms with Crippen LogP contribution in [0, 0.1) is 0 Å². The summed E-state index contributed by atoms with van der Waals surface area (Å²) in [6.45, 7) is 3.12.